The van der Waals surface area contributed by atoms with E-state index in [2.05, 4.69) is 20.7 Å². The summed E-state index contributed by atoms with van der Waals surface area (Å²) in [5, 5.41) is 15.8. The Morgan fingerprint density at radius 1 is 1.09 bits per heavy atom. The SMILES string of the molecule is CCCc1c(C(=O)Nc2ccc(-n3ccc(C(N)=O)n3)cc2)nnn1-c1cccc(Cl)c1. The fourth-order valence-corrected chi connectivity index (χ4v) is 3.43. The van der Waals surface area contributed by atoms with Crippen molar-refractivity contribution >= 4 is 29.1 Å². The normalized spacial score (nSPS) is 10.8. The van der Waals surface area contributed by atoms with Crippen molar-refractivity contribution in [2.24, 2.45) is 5.73 Å². The van der Waals surface area contributed by atoms with Crippen LogP contribution in [0.1, 0.15) is 40.0 Å². The van der Waals surface area contributed by atoms with Crippen LogP contribution in [-0.4, -0.2) is 36.6 Å². The van der Waals surface area contributed by atoms with E-state index in [1.165, 1.54) is 10.7 Å². The Kier molecular flexibility index (Phi) is 6.00. The molecule has 0 saturated carbocycles. The van der Waals surface area contributed by atoms with Crippen LogP contribution in [0.2, 0.25) is 5.02 Å². The first kappa shape index (κ1) is 21.3. The Hall–Kier alpha value is -3.98. The summed E-state index contributed by atoms with van der Waals surface area (Å²) in [5.41, 5.74) is 8.42. The quantitative estimate of drug-likeness (QED) is 0.448. The lowest BCUT2D eigenvalue weighted by atomic mass is 10.2. The molecule has 162 valence electrons. The van der Waals surface area contributed by atoms with Crippen LogP contribution in [0.3, 0.4) is 0 Å². The number of primary amides is 1. The van der Waals surface area contributed by atoms with E-state index in [1.807, 2.05) is 19.1 Å². The van der Waals surface area contributed by atoms with Gasteiger partial charge in [-0.2, -0.15) is 5.10 Å². The Labute approximate surface area is 188 Å². The molecule has 0 spiro atoms. The van der Waals surface area contributed by atoms with Crippen molar-refractivity contribution in [3.8, 4) is 11.4 Å². The second kappa shape index (κ2) is 9.03. The molecule has 0 aliphatic rings. The van der Waals surface area contributed by atoms with Crippen LogP contribution in [0, 0.1) is 0 Å². The Morgan fingerprint density at radius 3 is 2.53 bits per heavy atom. The van der Waals surface area contributed by atoms with Crippen LogP contribution in [0.4, 0.5) is 5.69 Å². The van der Waals surface area contributed by atoms with Gasteiger partial charge in [-0.15, -0.1) is 5.10 Å². The van der Waals surface area contributed by atoms with Gasteiger partial charge in [-0.1, -0.05) is 36.2 Å². The van der Waals surface area contributed by atoms with Gasteiger partial charge in [0.25, 0.3) is 11.8 Å². The predicted octanol–water partition coefficient (Wildman–Crippen LogP) is 3.41. The number of aromatic nitrogens is 5. The maximum Gasteiger partial charge on any atom is 0.278 e. The number of nitrogens with zero attached hydrogens (tertiary/aromatic N) is 5. The number of nitrogens with one attached hydrogen (secondary N) is 1. The maximum absolute atomic E-state index is 12.9. The van der Waals surface area contributed by atoms with Crippen molar-refractivity contribution < 1.29 is 9.59 Å². The maximum atomic E-state index is 12.9. The highest BCUT2D eigenvalue weighted by molar-refractivity contribution is 6.30. The number of halogens is 1. The highest BCUT2D eigenvalue weighted by atomic mass is 35.5. The molecule has 32 heavy (non-hydrogen) atoms. The summed E-state index contributed by atoms with van der Waals surface area (Å²) in [4.78, 5) is 24.2. The molecule has 0 fully saturated rings. The van der Waals surface area contributed by atoms with Gasteiger partial charge in [0.1, 0.15) is 5.69 Å². The molecule has 2 heterocycles. The Morgan fingerprint density at radius 2 is 1.88 bits per heavy atom. The summed E-state index contributed by atoms with van der Waals surface area (Å²) < 4.78 is 3.17. The van der Waals surface area contributed by atoms with Crippen LogP contribution in [0.25, 0.3) is 11.4 Å². The average Bonchev–Trinajstić information content (AvgIpc) is 3.42. The molecule has 3 N–H and O–H groups in total. The lowest BCUT2D eigenvalue weighted by Gasteiger charge is -2.09. The van der Waals surface area contributed by atoms with Crippen molar-refractivity contribution in [2.75, 3.05) is 5.32 Å². The van der Waals surface area contributed by atoms with Gasteiger partial charge in [0.15, 0.2) is 5.69 Å². The molecule has 0 bridgehead atoms. The Balaban J connectivity index is 1.55. The minimum Gasteiger partial charge on any atom is -0.364 e. The summed E-state index contributed by atoms with van der Waals surface area (Å²) in [7, 11) is 0. The average molecular weight is 450 g/mol. The zero-order valence-electron chi connectivity index (χ0n) is 17.2. The summed E-state index contributed by atoms with van der Waals surface area (Å²) in [6.07, 6.45) is 3.08. The zero-order chi connectivity index (χ0) is 22.7. The lowest BCUT2D eigenvalue weighted by Crippen LogP contribution is -2.15. The monoisotopic (exact) mass is 449 g/mol. The van der Waals surface area contributed by atoms with Gasteiger partial charge in [-0.3, -0.25) is 9.59 Å². The lowest BCUT2D eigenvalue weighted by molar-refractivity contribution is 0.0992. The highest BCUT2D eigenvalue weighted by Gasteiger charge is 2.20. The standard InChI is InChI=1S/C22H20ClN7O2/c1-2-4-19-20(26-28-30(19)17-6-3-5-14(23)13-17)22(32)25-15-7-9-16(10-8-15)29-12-11-18(27-29)21(24)31/h3,5-13H,2,4H2,1H3,(H2,24,31)(H,25,32). The number of benzene rings is 2. The fraction of sp³-hybridized carbons (Fsp3) is 0.136. The molecule has 2 aromatic carbocycles. The molecule has 0 aliphatic carbocycles. The molecule has 0 atom stereocenters. The van der Waals surface area contributed by atoms with E-state index in [4.69, 9.17) is 17.3 Å². The minimum atomic E-state index is -0.596. The summed E-state index contributed by atoms with van der Waals surface area (Å²) in [6, 6.07) is 15.8. The summed E-state index contributed by atoms with van der Waals surface area (Å²) in [5.74, 6) is -0.953. The first-order valence-electron chi connectivity index (χ1n) is 9.94. The van der Waals surface area contributed by atoms with E-state index >= 15 is 0 Å². The van der Waals surface area contributed by atoms with E-state index in [-0.39, 0.29) is 17.3 Å². The van der Waals surface area contributed by atoms with Gasteiger partial charge >= 0.3 is 0 Å². The van der Waals surface area contributed by atoms with Crippen LogP contribution in [0.15, 0.2) is 60.8 Å². The van der Waals surface area contributed by atoms with Gasteiger partial charge in [-0.05, 0) is 55.0 Å². The molecule has 0 aliphatic heterocycles. The van der Waals surface area contributed by atoms with E-state index in [0.29, 0.717) is 28.5 Å². The second-order valence-corrected chi connectivity index (χ2v) is 7.47. The molecular formula is C22H20ClN7O2. The fourth-order valence-electron chi connectivity index (χ4n) is 3.24. The highest BCUT2D eigenvalue weighted by Crippen LogP contribution is 2.20. The smallest absolute Gasteiger partial charge is 0.278 e. The first-order chi connectivity index (χ1) is 15.5. The molecule has 4 rings (SSSR count). The Bertz CT molecular complexity index is 1280. The zero-order valence-corrected chi connectivity index (χ0v) is 18.0. The number of amides is 2. The third-order valence-electron chi connectivity index (χ3n) is 4.75. The number of hydrogen-bond donors (Lipinski definition) is 2. The number of rotatable bonds is 7. The number of anilines is 1. The third kappa shape index (κ3) is 4.37. The minimum absolute atomic E-state index is 0.175. The van der Waals surface area contributed by atoms with Crippen molar-refractivity contribution in [3.63, 3.8) is 0 Å². The number of hydrogen-bond acceptors (Lipinski definition) is 5. The number of carbonyl (C=O) groups excluding carboxylic acids is 2. The molecule has 0 radical (unpaired) electrons. The van der Waals surface area contributed by atoms with Crippen molar-refractivity contribution in [3.05, 3.63) is 82.9 Å². The van der Waals surface area contributed by atoms with Crippen molar-refractivity contribution in [1.29, 1.82) is 0 Å². The molecule has 10 heteroatoms. The molecule has 0 saturated heterocycles. The van der Waals surface area contributed by atoms with Crippen LogP contribution in [0.5, 0.6) is 0 Å². The summed E-state index contributed by atoms with van der Waals surface area (Å²) >= 11 is 6.10. The molecule has 2 amide bonds. The first-order valence-corrected chi connectivity index (χ1v) is 10.3. The molecular weight excluding hydrogens is 430 g/mol. The number of carbonyl (C=O) groups is 2. The van der Waals surface area contributed by atoms with Crippen molar-refractivity contribution in [1.82, 2.24) is 24.8 Å². The molecule has 2 aromatic heterocycles. The van der Waals surface area contributed by atoms with Gasteiger partial charge in [0.2, 0.25) is 0 Å². The van der Waals surface area contributed by atoms with E-state index in [9.17, 15) is 9.59 Å². The summed E-state index contributed by atoms with van der Waals surface area (Å²) in [6.45, 7) is 2.02. The van der Waals surface area contributed by atoms with E-state index < -0.39 is 5.91 Å². The van der Waals surface area contributed by atoms with Crippen LogP contribution >= 0.6 is 11.6 Å². The van der Waals surface area contributed by atoms with Gasteiger partial charge in [-0.25, -0.2) is 9.36 Å². The third-order valence-corrected chi connectivity index (χ3v) is 4.98. The molecule has 9 nitrogen and oxygen atoms in total. The number of nitrogens with two attached hydrogens (primary N) is 1. The molecule has 4 aromatic rings. The van der Waals surface area contributed by atoms with Crippen molar-refractivity contribution in [2.45, 2.75) is 19.8 Å². The van der Waals surface area contributed by atoms with Gasteiger partial charge in [0.05, 0.1) is 17.1 Å². The topological polar surface area (TPSA) is 121 Å². The largest absolute Gasteiger partial charge is 0.364 e. The predicted molar refractivity (Wildman–Crippen MR) is 120 cm³/mol. The van der Waals surface area contributed by atoms with E-state index in [1.54, 1.807) is 47.3 Å². The van der Waals surface area contributed by atoms with Gasteiger partial charge < -0.3 is 11.1 Å². The van der Waals surface area contributed by atoms with Crippen LogP contribution in [-0.2, 0) is 6.42 Å². The van der Waals surface area contributed by atoms with Gasteiger partial charge in [0, 0.05) is 16.9 Å². The molecule has 0 unspecified atom stereocenters. The second-order valence-electron chi connectivity index (χ2n) is 7.04. The van der Waals surface area contributed by atoms with E-state index in [0.717, 1.165) is 12.1 Å². The van der Waals surface area contributed by atoms with Crippen LogP contribution < -0.4 is 11.1 Å².